The zero-order valence-electron chi connectivity index (χ0n) is 18.5. The van der Waals surface area contributed by atoms with Crippen LogP contribution in [0.2, 0.25) is 10.3 Å². The molecule has 0 N–H and O–H groups in total. The lowest BCUT2D eigenvalue weighted by molar-refractivity contribution is 0.946. The van der Waals surface area contributed by atoms with Crippen LogP contribution < -0.4 is 0 Å². The van der Waals surface area contributed by atoms with Crippen molar-refractivity contribution in [2.45, 2.75) is 6.92 Å². The van der Waals surface area contributed by atoms with E-state index in [4.69, 9.17) is 33.3 Å². The van der Waals surface area contributed by atoms with Crippen LogP contribution in [0.15, 0.2) is 89.9 Å². The van der Waals surface area contributed by atoms with Crippen LogP contribution in [0.3, 0.4) is 0 Å². The Morgan fingerprint density at radius 2 is 1.38 bits per heavy atom. The lowest BCUT2D eigenvalue weighted by atomic mass is 10.0. The number of hydrogen-bond acceptors (Lipinski definition) is 4. The van der Waals surface area contributed by atoms with Gasteiger partial charge in [-0.3, -0.25) is 0 Å². The Morgan fingerprint density at radius 1 is 0.794 bits per heavy atom. The molecule has 7 heteroatoms. The summed E-state index contributed by atoms with van der Waals surface area (Å²) in [4.78, 5) is 9.34. The molecule has 0 saturated carbocycles. The smallest absolute Gasteiger partial charge is 0.166 e. The van der Waals surface area contributed by atoms with Crippen molar-refractivity contribution in [1.82, 2.24) is 14.6 Å². The van der Waals surface area contributed by atoms with Gasteiger partial charge in [-0.1, -0.05) is 96.0 Å². The standard InChI is InChI=1S/C27H20Cl2N4S/c1-17(34-2)30-21-15-13-19(14-16-21)23-25(28)31-27-22(18-9-5-3-6-10-18)24(32-33(27)26(23)29)20-11-7-4-8-12-20/h3-16H,1-2H3. The summed E-state index contributed by atoms with van der Waals surface area (Å²) in [5.41, 5.74) is 6.63. The molecule has 0 radical (unpaired) electrons. The van der Waals surface area contributed by atoms with Gasteiger partial charge < -0.3 is 0 Å². The molecule has 0 bridgehead atoms. The topological polar surface area (TPSA) is 42.5 Å². The Morgan fingerprint density at radius 3 is 2.00 bits per heavy atom. The van der Waals surface area contributed by atoms with E-state index in [2.05, 4.69) is 4.99 Å². The number of fused-ring (bicyclic) bond motifs is 1. The molecule has 34 heavy (non-hydrogen) atoms. The zero-order chi connectivity index (χ0) is 23.7. The first-order chi connectivity index (χ1) is 16.6. The molecule has 0 atom stereocenters. The number of halogens is 2. The van der Waals surface area contributed by atoms with Crippen LogP contribution in [0.1, 0.15) is 6.92 Å². The highest BCUT2D eigenvalue weighted by Crippen LogP contribution is 2.40. The Hall–Kier alpha value is -3.12. The Balaban J connectivity index is 1.72. The van der Waals surface area contributed by atoms with E-state index in [-0.39, 0.29) is 0 Å². The molecule has 2 aromatic heterocycles. The predicted molar refractivity (Wildman–Crippen MR) is 146 cm³/mol. The minimum Gasteiger partial charge on any atom is -0.247 e. The fourth-order valence-electron chi connectivity index (χ4n) is 3.83. The van der Waals surface area contributed by atoms with Crippen molar-refractivity contribution in [2.24, 2.45) is 4.99 Å². The van der Waals surface area contributed by atoms with E-state index >= 15 is 0 Å². The van der Waals surface area contributed by atoms with Crippen molar-refractivity contribution in [3.63, 3.8) is 0 Å². The van der Waals surface area contributed by atoms with Gasteiger partial charge in [0.15, 0.2) is 5.65 Å². The van der Waals surface area contributed by atoms with Crippen molar-refractivity contribution in [3.8, 4) is 33.5 Å². The quantitative estimate of drug-likeness (QED) is 0.140. The number of aliphatic imine (C=N–C) groups is 1. The third-order valence-electron chi connectivity index (χ3n) is 5.51. The van der Waals surface area contributed by atoms with E-state index in [1.807, 2.05) is 98.1 Å². The molecule has 0 fully saturated rings. The Bertz CT molecular complexity index is 1500. The molecule has 0 aliphatic rings. The summed E-state index contributed by atoms with van der Waals surface area (Å²) in [6.45, 7) is 1.98. The summed E-state index contributed by atoms with van der Waals surface area (Å²) in [5, 5.41) is 6.62. The van der Waals surface area contributed by atoms with Gasteiger partial charge in [-0.2, -0.15) is 5.10 Å². The van der Waals surface area contributed by atoms with Crippen LogP contribution in [0.4, 0.5) is 5.69 Å². The normalized spacial score (nSPS) is 11.8. The fraction of sp³-hybridized carbons (Fsp3) is 0.0741. The Labute approximate surface area is 212 Å². The first-order valence-corrected chi connectivity index (χ1v) is 12.6. The molecule has 0 saturated heterocycles. The van der Waals surface area contributed by atoms with E-state index in [0.29, 0.717) is 21.5 Å². The van der Waals surface area contributed by atoms with Gasteiger partial charge in [-0.15, -0.1) is 11.8 Å². The first-order valence-electron chi connectivity index (χ1n) is 10.6. The van der Waals surface area contributed by atoms with Crippen LogP contribution in [-0.4, -0.2) is 25.9 Å². The average molecular weight is 503 g/mol. The maximum absolute atomic E-state index is 6.93. The second-order valence-electron chi connectivity index (χ2n) is 7.64. The van der Waals surface area contributed by atoms with Crippen molar-refractivity contribution < 1.29 is 0 Å². The number of rotatable bonds is 4. The first kappa shape index (κ1) is 22.7. The monoisotopic (exact) mass is 502 g/mol. The van der Waals surface area contributed by atoms with Crippen LogP contribution in [0.5, 0.6) is 0 Å². The van der Waals surface area contributed by atoms with Gasteiger partial charge in [0.25, 0.3) is 0 Å². The summed E-state index contributed by atoms with van der Waals surface area (Å²) < 4.78 is 1.68. The summed E-state index contributed by atoms with van der Waals surface area (Å²) in [6.07, 6.45) is 2.01. The van der Waals surface area contributed by atoms with Crippen molar-refractivity contribution in [3.05, 3.63) is 95.2 Å². The molecule has 4 nitrogen and oxygen atoms in total. The van der Waals surface area contributed by atoms with Gasteiger partial charge in [0.05, 0.1) is 21.9 Å². The van der Waals surface area contributed by atoms with Gasteiger partial charge >= 0.3 is 0 Å². The van der Waals surface area contributed by atoms with Gasteiger partial charge in [-0.05, 0) is 36.4 Å². The maximum Gasteiger partial charge on any atom is 0.166 e. The lowest BCUT2D eigenvalue weighted by Crippen LogP contribution is -1.97. The molecule has 5 rings (SSSR count). The number of nitrogens with zero attached hydrogens (tertiary/aromatic N) is 4. The molecule has 168 valence electrons. The molecule has 2 heterocycles. The molecule has 0 amide bonds. The highest BCUT2D eigenvalue weighted by Gasteiger charge is 2.23. The SMILES string of the molecule is CSC(C)=Nc1ccc(-c2c(Cl)nc3c(-c4ccccc4)c(-c4ccccc4)nn3c2Cl)cc1. The molecular formula is C27H20Cl2N4S. The van der Waals surface area contributed by atoms with Crippen molar-refractivity contribution in [1.29, 1.82) is 0 Å². The fourth-order valence-corrected chi connectivity index (χ4v) is 4.67. The molecule has 5 aromatic rings. The summed E-state index contributed by atoms with van der Waals surface area (Å²) >= 11 is 15.3. The summed E-state index contributed by atoms with van der Waals surface area (Å²) in [6, 6.07) is 27.9. The van der Waals surface area contributed by atoms with E-state index in [9.17, 15) is 0 Å². The van der Waals surface area contributed by atoms with Crippen LogP contribution in [0, 0.1) is 0 Å². The van der Waals surface area contributed by atoms with E-state index in [1.165, 1.54) is 0 Å². The largest absolute Gasteiger partial charge is 0.247 e. The van der Waals surface area contributed by atoms with Gasteiger partial charge in [0.2, 0.25) is 0 Å². The number of aromatic nitrogens is 3. The second kappa shape index (κ2) is 9.63. The summed E-state index contributed by atoms with van der Waals surface area (Å²) in [5.74, 6) is 0. The number of benzene rings is 3. The van der Waals surface area contributed by atoms with Crippen LogP contribution >= 0.6 is 35.0 Å². The number of hydrogen-bond donors (Lipinski definition) is 0. The summed E-state index contributed by atoms with van der Waals surface area (Å²) in [7, 11) is 0. The van der Waals surface area contributed by atoms with Crippen molar-refractivity contribution >= 4 is 51.3 Å². The molecular weight excluding hydrogens is 483 g/mol. The van der Waals surface area contributed by atoms with Gasteiger partial charge in [-0.25, -0.2) is 14.5 Å². The predicted octanol–water partition coefficient (Wildman–Crippen LogP) is 8.45. The minimum absolute atomic E-state index is 0.325. The third kappa shape index (κ3) is 4.23. The molecule has 0 unspecified atom stereocenters. The Kier molecular flexibility index (Phi) is 6.42. The third-order valence-corrected chi connectivity index (χ3v) is 6.82. The van der Waals surface area contributed by atoms with E-state index in [1.54, 1.807) is 16.3 Å². The second-order valence-corrected chi connectivity index (χ2v) is 9.36. The average Bonchev–Trinajstić information content (AvgIpc) is 3.25. The molecule has 0 aliphatic carbocycles. The highest BCUT2D eigenvalue weighted by atomic mass is 35.5. The van der Waals surface area contributed by atoms with Crippen LogP contribution in [0.25, 0.3) is 39.2 Å². The van der Waals surface area contributed by atoms with Gasteiger partial charge in [0, 0.05) is 5.56 Å². The molecule has 0 aliphatic heterocycles. The van der Waals surface area contributed by atoms with Crippen molar-refractivity contribution in [2.75, 3.05) is 6.26 Å². The van der Waals surface area contributed by atoms with E-state index in [0.717, 1.165) is 38.7 Å². The number of thioether (sulfide) groups is 1. The minimum atomic E-state index is 0.325. The zero-order valence-corrected chi connectivity index (χ0v) is 20.9. The van der Waals surface area contributed by atoms with Crippen LogP contribution in [-0.2, 0) is 0 Å². The molecule has 3 aromatic carbocycles. The van der Waals surface area contributed by atoms with Gasteiger partial charge in [0.1, 0.15) is 16.0 Å². The van der Waals surface area contributed by atoms with E-state index < -0.39 is 0 Å². The lowest BCUT2D eigenvalue weighted by Gasteiger charge is -2.09. The highest BCUT2D eigenvalue weighted by molar-refractivity contribution is 8.13. The maximum atomic E-state index is 6.93. The molecule has 0 spiro atoms.